The lowest BCUT2D eigenvalue weighted by atomic mass is 9.86. The van der Waals surface area contributed by atoms with Crippen LogP contribution < -0.4 is 5.32 Å². The van der Waals surface area contributed by atoms with Crippen LogP contribution in [0.4, 0.5) is 19.5 Å². The molecule has 1 saturated carbocycles. The van der Waals surface area contributed by atoms with Crippen LogP contribution in [0, 0.1) is 5.92 Å². The van der Waals surface area contributed by atoms with Gasteiger partial charge in [-0.1, -0.05) is 25.9 Å². The average molecular weight is 412 g/mol. The first-order valence-corrected chi connectivity index (χ1v) is 10.2. The number of carbonyl (C=O) groups excluding carboxylic acids is 2. The molecule has 1 aliphatic carbocycles. The van der Waals surface area contributed by atoms with Gasteiger partial charge in [0.1, 0.15) is 0 Å². The lowest BCUT2D eigenvalue weighted by Crippen LogP contribution is -2.42. The van der Waals surface area contributed by atoms with Crippen molar-refractivity contribution in [3.8, 4) is 0 Å². The highest BCUT2D eigenvalue weighted by Gasteiger charge is 2.39. The van der Waals surface area contributed by atoms with Crippen LogP contribution in [0.1, 0.15) is 58.6 Å². The molecule has 0 spiro atoms. The molecule has 1 N–H and O–H groups in total. The molecule has 1 aromatic heterocycles. The molecule has 0 aromatic carbocycles. The predicted octanol–water partition coefficient (Wildman–Crippen LogP) is 3.86. The summed E-state index contributed by atoms with van der Waals surface area (Å²) in [4.78, 5) is 28.6. The first kappa shape index (κ1) is 21.5. The van der Waals surface area contributed by atoms with E-state index >= 15 is 0 Å². The van der Waals surface area contributed by atoms with Crippen LogP contribution in [-0.4, -0.2) is 59.0 Å². The summed E-state index contributed by atoms with van der Waals surface area (Å²) in [5.74, 6) is -2.74. The average Bonchev–Trinajstić information content (AvgIpc) is 2.97. The van der Waals surface area contributed by atoms with E-state index in [0.717, 1.165) is 5.69 Å². The number of carbonyl (C=O) groups is 2. The minimum absolute atomic E-state index is 0.0622. The van der Waals surface area contributed by atoms with Crippen molar-refractivity contribution >= 4 is 17.8 Å². The molecule has 1 saturated heterocycles. The number of alkyl halides is 2. The molecule has 162 valence electrons. The van der Waals surface area contributed by atoms with Gasteiger partial charge in [-0.3, -0.25) is 10.1 Å². The lowest BCUT2D eigenvalue weighted by Gasteiger charge is -2.31. The fraction of sp³-hybridized carbons (Fsp3) is 0.750. The molecule has 0 unspecified atom stereocenters. The Morgan fingerprint density at radius 1 is 1.14 bits per heavy atom. The number of halogens is 2. The Balaban J connectivity index is 1.52. The summed E-state index contributed by atoms with van der Waals surface area (Å²) in [7, 11) is 0. The van der Waals surface area contributed by atoms with Gasteiger partial charge in [0.05, 0.1) is 5.69 Å². The largest absolute Gasteiger partial charge is 0.341 e. The van der Waals surface area contributed by atoms with Crippen LogP contribution in [0.25, 0.3) is 0 Å². The van der Waals surface area contributed by atoms with Gasteiger partial charge >= 0.3 is 6.03 Å². The zero-order valence-corrected chi connectivity index (χ0v) is 17.3. The maximum Gasteiger partial charge on any atom is 0.324 e. The minimum atomic E-state index is -2.64. The summed E-state index contributed by atoms with van der Waals surface area (Å²) >= 11 is 0. The molecule has 2 aliphatic rings. The zero-order chi connectivity index (χ0) is 21.2. The van der Waals surface area contributed by atoms with Crippen molar-refractivity contribution in [3.63, 3.8) is 0 Å². The zero-order valence-electron chi connectivity index (χ0n) is 17.3. The van der Waals surface area contributed by atoms with Crippen molar-refractivity contribution in [1.29, 1.82) is 0 Å². The SMILES string of the molecule is CC(C)(C)c1cc(NC(=O)N2CCCN(C(=O)C3CCC(F)(F)CC3)CC2)on1. The van der Waals surface area contributed by atoms with E-state index in [1.54, 1.807) is 15.9 Å². The van der Waals surface area contributed by atoms with Gasteiger partial charge in [0.15, 0.2) is 0 Å². The number of nitrogens with zero attached hydrogens (tertiary/aromatic N) is 3. The van der Waals surface area contributed by atoms with Crippen LogP contribution >= 0.6 is 0 Å². The van der Waals surface area contributed by atoms with Crippen LogP contribution in [0.2, 0.25) is 0 Å². The Kier molecular flexibility index (Phi) is 6.14. The molecule has 2 fully saturated rings. The molecule has 1 aliphatic heterocycles. The Morgan fingerprint density at radius 2 is 1.76 bits per heavy atom. The highest BCUT2D eigenvalue weighted by atomic mass is 19.3. The lowest BCUT2D eigenvalue weighted by molar-refractivity contribution is -0.139. The van der Waals surface area contributed by atoms with Crippen molar-refractivity contribution in [1.82, 2.24) is 15.0 Å². The van der Waals surface area contributed by atoms with Crippen molar-refractivity contribution < 1.29 is 22.9 Å². The molecule has 2 heterocycles. The Hall–Kier alpha value is -2.19. The van der Waals surface area contributed by atoms with E-state index in [4.69, 9.17) is 4.52 Å². The van der Waals surface area contributed by atoms with Crippen LogP contribution in [0.3, 0.4) is 0 Å². The van der Waals surface area contributed by atoms with Crippen LogP contribution in [0.5, 0.6) is 0 Å². The van der Waals surface area contributed by atoms with Crippen molar-refractivity contribution in [2.24, 2.45) is 5.92 Å². The predicted molar refractivity (Wildman–Crippen MR) is 104 cm³/mol. The molecule has 9 heteroatoms. The topological polar surface area (TPSA) is 78.7 Å². The summed E-state index contributed by atoms with van der Waals surface area (Å²) < 4.78 is 31.9. The first-order valence-electron chi connectivity index (χ1n) is 10.2. The summed E-state index contributed by atoms with van der Waals surface area (Å²) in [5, 5.41) is 6.71. The fourth-order valence-electron chi connectivity index (χ4n) is 3.76. The van der Waals surface area contributed by atoms with Crippen molar-refractivity contribution in [3.05, 3.63) is 11.8 Å². The van der Waals surface area contributed by atoms with Crippen LogP contribution in [-0.2, 0) is 10.2 Å². The summed E-state index contributed by atoms with van der Waals surface area (Å²) in [6.45, 7) is 7.85. The number of hydrogen-bond donors (Lipinski definition) is 1. The van der Waals surface area contributed by atoms with Gasteiger partial charge in [-0.15, -0.1) is 0 Å². The van der Waals surface area contributed by atoms with Gasteiger partial charge < -0.3 is 14.3 Å². The summed E-state index contributed by atoms with van der Waals surface area (Å²) in [5.41, 5.74) is 0.567. The standard InChI is InChI=1S/C20H30F2N4O3/c1-19(2,3)15-13-16(29-24-15)23-18(28)26-10-4-9-25(11-12-26)17(27)14-5-7-20(21,22)8-6-14/h13-14H,4-12H2,1-3H3,(H,23,28). The number of urea groups is 1. The molecule has 0 atom stereocenters. The van der Waals surface area contributed by atoms with E-state index in [1.165, 1.54) is 0 Å². The van der Waals surface area contributed by atoms with E-state index in [-0.39, 0.29) is 49.0 Å². The van der Waals surface area contributed by atoms with E-state index in [0.29, 0.717) is 38.5 Å². The maximum atomic E-state index is 13.3. The second-order valence-electron chi connectivity index (χ2n) is 9.05. The molecule has 3 amide bonds. The highest BCUT2D eigenvalue weighted by Crippen LogP contribution is 2.37. The molecule has 3 rings (SSSR count). The Bertz CT molecular complexity index is 734. The van der Waals surface area contributed by atoms with E-state index < -0.39 is 5.92 Å². The van der Waals surface area contributed by atoms with Crippen molar-refractivity contribution in [2.45, 2.75) is 64.2 Å². The van der Waals surface area contributed by atoms with Gasteiger partial charge in [0.25, 0.3) is 0 Å². The van der Waals surface area contributed by atoms with Crippen molar-refractivity contribution in [2.75, 3.05) is 31.5 Å². The third-order valence-corrected chi connectivity index (χ3v) is 5.67. The molecule has 1 aromatic rings. The van der Waals surface area contributed by atoms with E-state index in [1.807, 2.05) is 20.8 Å². The molecular weight excluding hydrogens is 382 g/mol. The number of aromatic nitrogens is 1. The molecule has 0 radical (unpaired) electrons. The monoisotopic (exact) mass is 412 g/mol. The molecular formula is C20H30F2N4O3. The van der Waals surface area contributed by atoms with E-state index in [2.05, 4.69) is 10.5 Å². The van der Waals surface area contributed by atoms with Gasteiger partial charge in [-0.2, -0.15) is 0 Å². The summed E-state index contributed by atoms with van der Waals surface area (Å²) in [6, 6.07) is 1.41. The number of hydrogen-bond acceptors (Lipinski definition) is 4. The Morgan fingerprint density at radius 3 is 2.38 bits per heavy atom. The van der Waals surface area contributed by atoms with Gasteiger partial charge in [0.2, 0.25) is 17.7 Å². The number of anilines is 1. The Labute approximate surface area is 169 Å². The van der Waals surface area contributed by atoms with Gasteiger partial charge in [-0.25, -0.2) is 13.6 Å². The number of amides is 3. The van der Waals surface area contributed by atoms with Gasteiger partial charge in [-0.05, 0) is 19.3 Å². The number of rotatable bonds is 2. The second kappa shape index (κ2) is 8.28. The molecule has 7 nitrogen and oxygen atoms in total. The van der Waals surface area contributed by atoms with Gasteiger partial charge in [0, 0.05) is 56.4 Å². The smallest absolute Gasteiger partial charge is 0.324 e. The minimum Gasteiger partial charge on any atom is -0.341 e. The third-order valence-electron chi connectivity index (χ3n) is 5.67. The first-order chi connectivity index (χ1) is 13.5. The van der Waals surface area contributed by atoms with Crippen LogP contribution in [0.15, 0.2) is 10.6 Å². The quantitative estimate of drug-likeness (QED) is 0.800. The molecule has 29 heavy (non-hydrogen) atoms. The third kappa shape index (κ3) is 5.45. The maximum absolute atomic E-state index is 13.3. The second-order valence-corrected chi connectivity index (χ2v) is 9.05. The summed E-state index contributed by atoms with van der Waals surface area (Å²) in [6.07, 6.45) is 0.660. The fourth-order valence-corrected chi connectivity index (χ4v) is 3.76. The normalized spacial score (nSPS) is 21.0. The highest BCUT2D eigenvalue weighted by molar-refractivity contribution is 5.88. The van der Waals surface area contributed by atoms with E-state index in [9.17, 15) is 18.4 Å². The number of nitrogens with one attached hydrogen (secondary N) is 1. The molecule has 0 bridgehead atoms.